The van der Waals surface area contributed by atoms with Crippen LogP contribution in [0.15, 0.2) is 79.0 Å². The number of benzene rings is 3. The molecule has 4 aromatic rings. The predicted octanol–water partition coefficient (Wildman–Crippen LogP) is 4.78. The topological polar surface area (TPSA) is 88.6 Å². The van der Waals surface area contributed by atoms with Gasteiger partial charge in [0.15, 0.2) is 11.2 Å². The molecule has 1 aliphatic heterocycles. The Labute approximate surface area is 190 Å². The number of Topliss-reactive ketones (excluding diaryl/α,β-unsaturated/α-hetero) is 1. The number of aromatic amines is 1. The molecule has 5 rings (SSSR count). The van der Waals surface area contributed by atoms with Crippen molar-refractivity contribution < 1.29 is 24.2 Å². The third kappa shape index (κ3) is 3.63. The molecule has 0 spiro atoms. The summed E-state index contributed by atoms with van der Waals surface area (Å²) in [6, 6.07) is 21.6. The number of hydrogen-bond donors (Lipinski definition) is 2. The first kappa shape index (κ1) is 20.8. The second-order valence-corrected chi connectivity index (χ2v) is 8.39. The van der Waals surface area contributed by atoms with Gasteiger partial charge in [0, 0.05) is 29.1 Å². The molecule has 1 aliphatic rings. The number of rotatable bonds is 7. The zero-order valence-electron chi connectivity index (χ0n) is 18.1. The van der Waals surface area contributed by atoms with Crippen LogP contribution in [0.5, 0.6) is 11.5 Å². The van der Waals surface area contributed by atoms with Crippen molar-refractivity contribution in [3.05, 3.63) is 95.7 Å². The summed E-state index contributed by atoms with van der Waals surface area (Å²) < 4.78 is 11.8. The van der Waals surface area contributed by atoms with Gasteiger partial charge in [-0.1, -0.05) is 30.3 Å². The monoisotopic (exact) mass is 441 g/mol. The average molecular weight is 441 g/mol. The Kier molecular flexibility index (Phi) is 5.13. The number of carboxylic acids is 1. The molecule has 1 unspecified atom stereocenters. The molecule has 2 N–H and O–H groups in total. The largest absolute Gasteiger partial charge is 0.490 e. The lowest BCUT2D eigenvalue weighted by Gasteiger charge is -2.25. The Bertz CT molecular complexity index is 1320. The van der Waals surface area contributed by atoms with E-state index in [0.717, 1.165) is 23.3 Å². The fraction of sp³-hybridized carbons (Fsp3) is 0.185. The number of ether oxygens (including phenoxy) is 2. The maximum atomic E-state index is 13.4. The van der Waals surface area contributed by atoms with Gasteiger partial charge in [-0.3, -0.25) is 9.59 Å². The van der Waals surface area contributed by atoms with E-state index in [2.05, 4.69) is 4.98 Å². The fourth-order valence-corrected chi connectivity index (χ4v) is 4.38. The van der Waals surface area contributed by atoms with Crippen LogP contribution >= 0.6 is 0 Å². The van der Waals surface area contributed by atoms with E-state index in [1.165, 1.54) is 6.92 Å². The minimum absolute atomic E-state index is 0.0687. The van der Waals surface area contributed by atoms with Crippen LogP contribution in [-0.4, -0.2) is 34.6 Å². The first-order valence-corrected chi connectivity index (χ1v) is 10.8. The zero-order chi connectivity index (χ0) is 23.0. The summed E-state index contributed by atoms with van der Waals surface area (Å²) in [6.07, 6.45) is 2.45. The Morgan fingerprint density at radius 1 is 1.06 bits per heavy atom. The van der Waals surface area contributed by atoms with Crippen LogP contribution in [0.1, 0.15) is 28.4 Å². The number of nitrogens with one attached hydrogen (secondary N) is 1. The Morgan fingerprint density at radius 3 is 2.61 bits per heavy atom. The van der Waals surface area contributed by atoms with Gasteiger partial charge >= 0.3 is 5.97 Å². The molecule has 166 valence electrons. The van der Waals surface area contributed by atoms with Gasteiger partial charge < -0.3 is 19.6 Å². The Balaban J connectivity index is 1.33. The van der Waals surface area contributed by atoms with Crippen LogP contribution in [-0.2, 0) is 16.6 Å². The van der Waals surface area contributed by atoms with Gasteiger partial charge in [-0.2, -0.15) is 0 Å². The summed E-state index contributed by atoms with van der Waals surface area (Å²) in [6.45, 7) is 1.84. The van der Waals surface area contributed by atoms with Crippen LogP contribution in [0.4, 0.5) is 0 Å². The van der Waals surface area contributed by atoms with Crippen molar-refractivity contribution in [3.8, 4) is 11.5 Å². The molecular formula is C27H23NO5. The molecular weight excluding hydrogens is 418 g/mol. The normalized spacial score (nSPS) is 16.6. The van der Waals surface area contributed by atoms with Crippen LogP contribution < -0.4 is 9.47 Å². The fourth-order valence-electron chi connectivity index (χ4n) is 4.38. The number of aliphatic carboxylic acids is 1. The third-order valence-corrected chi connectivity index (χ3v) is 6.28. The maximum absolute atomic E-state index is 13.4. The average Bonchev–Trinajstić information content (AvgIpc) is 3.48. The van der Waals surface area contributed by atoms with E-state index in [9.17, 15) is 14.7 Å². The zero-order valence-corrected chi connectivity index (χ0v) is 18.1. The second kappa shape index (κ2) is 8.13. The van der Waals surface area contributed by atoms with Gasteiger partial charge in [-0.05, 0) is 60.5 Å². The van der Waals surface area contributed by atoms with Crippen LogP contribution in [0, 0.1) is 0 Å². The lowest BCUT2D eigenvalue weighted by molar-refractivity contribution is -0.141. The van der Waals surface area contributed by atoms with Crippen molar-refractivity contribution in [2.45, 2.75) is 24.9 Å². The molecule has 0 fully saturated rings. The SMILES string of the molecule is CC(C(=O)O)(C(=O)c1ccc(OC[C@H]2Cc3ccccc3O2)cc1)c1cccc2[nH]ccc12. The van der Waals surface area contributed by atoms with E-state index in [1.807, 2.05) is 30.3 Å². The number of fused-ring (bicyclic) bond motifs is 2. The lowest BCUT2D eigenvalue weighted by atomic mass is 9.75. The summed E-state index contributed by atoms with van der Waals surface area (Å²) in [5.41, 5.74) is 0.986. The third-order valence-electron chi connectivity index (χ3n) is 6.28. The summed E-state index contributed by atoms with van der Waals surface area (Å²) in [5.74, 6) is -0.197. The highest BCUT2D eigenvalue weighted by Gasteiger charge is 2.44. The highest BCUT2D eigenvalue weighted by Crippen LogP contribution is 2.34. The van der Waals surface area contributed by atoms with Crippen molar-refractivity contribution in [1.82, 2.24) is 4.98 Å². The molecule has 0 saturated heterocycles. The number of aromatic nitrogens is 1. The van der Waals surface area contributed by atoms with Gasteiger partial charge in [0.05, 0.1) is 0 Å². The van der Waals surface area contributed by atoms with E-state index in [4.69, 9.17) is 9.47 Å². The van der Waals surface area contributed by atoms with E-state index < -0.39 is 17.2 Å². The van der Waals surface area contributed by atoms with Gasteiger partial charge in [0.25, 0.3) is 0 Å². The van der Waals surface area contributed by atoms with Crippen molar-refractivity contribution >= 4 is 22.7 Å². The van der Waals surface area contributed by atoms with Crippen molar-refractivity contribution in [2.24, 2.45) is 0 Å². The predicted molar refractivity (Wildman–Crippen MR) is 124 cm³/mol. The van der Waals surface area contributed by atoms with E-state index in [-0.39, 0.29) is 6.10 Å². The molecule has 2 atom stereocenters. The highest BCUT2D eigenvalue weighted by atomic mass is 16.5. The van der Waals surface area contributed by atoms with E-state index >= 15 is 0 Å². The van der Waals surface area contributed by atoms with Gasteiger partial charge in [0.2, 0.25) is 0 Å². The number of ketones is 1. The molecule has 6 heteroatoms. The molecule has 2 heterocycles. The number of hydrogen-bond acceptors (Lipinski definition) is 4. The molecule has 0 saturated carbocycles. The molecule has 33 heavy (non-hydrogen) atoms. The molecule has 1 aromatic heterocycles. The van der Waals surface area contributed by atoms with Crippen molar-refractivity contribution in [1.29, 1.82) is 0 Å². The van der Waals surface area contributed by atoms with Gasteiger partial charge in [-0.15, -0.1) is 0 Å². The Hall–Kier alpha value is -4.06. The first-order valence-electron chi connectivity index (χ1n) is 10.8. The molecule has 0 bridgehead atoms. The molecule has 6 nitrogen and oxygen atoms in total. The van der Waals surface area contributed by atoms with E-state index in [1.54, 1.807) is 48.7 Å². The lowest BCUT2D eigenvalue weighted by Crippen LogP contribution is -2.41. The summed E-state index contributed by atoms with van der Waals surface area (Å²) >= 11 is 0. The quantitative estimate of drug-likeness (QED) is 0.318. The first-order chi connectivity index (χ1) is 16.0. The molecule has 0 radical (unpaired) electrons. The number of carbonyl (C=O) groups excluding carboxylic acids is 1. The minimum atomic E-state index is -1.73. The van der Waals surface area contributed by atoms with Gasteiger partial charge in [0.1, 0.15) is 24.2 Å². The summed E-state index contributed by atoms with van der Waals surface area (Å²) in [4.78, 5) is 28.8. The van der Waals surface area contributed by atoms with Gasteiger partial charge in [-0.25, -0.2) is 0 Å². The van der Waals surface area contributed by atoms with Crippen LogP contribution in [0.3, 0.4) is 0 Å². The molecule has 0 aliphatic carbocycles. The molecule has 0 amide bonds. The number of carbonyl (C=O) groups is 2. The van der Waals surface area contributed by atoms with E-state index in [0.29, 0.717) is 28.9 Å². The maximum Gasteiger partial charge on any atom is 0.321 e. The minimum Gasteiger partial charge on any atom is -0.490 e. The number of para-hydroxylation sites is 1. The Morgan fingerprint density at radius 2 is 1.85 bits per heavy atom. The highest BCUT2D eigenvalue weighted by molar-refractivity contribution is 6.18. The number of carboxylic acid groups (broad SMARTS) is 1. The number of H-pyrrole nitrogens is 1. The smallest absolute Gasteiger partial charge is 0.321 e. The summed E-state index contributed by atoms with van der Waals surface area (Å²) in [7, 11) is 0. The second-order valence-electron chi connectivity index (χ2n) is 8.39. The van der Waals surface area contributed by atoms with Crippen molar-refractivity contribution in [2.75, 3.05) is 6.61 Å². The van der Waals surface area contributed by atoms with Crippen LogP contribution in [0.2, 0.25) is 0 Å². The standard InChI is InChI=1S/C27H23NO5/c1-27(26(30)31,22-6-4-7-23-21(22)13-14-28-23)25(29)17-9-11-19(12-10-17)32-16-20-15-18-5-2-3-8-24(18)33-20/h2-14,20,28H,15-16H2,1H3,(H,30,31)/t20-,27?/m1/s1. The summed E-state index contributed by atoms with van der Waals surface area (Å²) in [5, 5.41) is 10.8. The molecule has 3 aromatic carbocycles. The van der Waals surface area contributed by atoms with Crippen molar-refractivity contribution in [3.63, 3.8) is 0 Å². The van der Waals surface area contributed by atoms with Crippen LogP contribution in [0.25, 0.3) is 10.9 Å².